The molecule has 0 aromatic heterocycles. The third kappa shape index (κ3) is 4.94. The van der Waals surface area contributed by atoms with E-state index >= 15 is 0 Å². The van der Waals surface area contributed by atoms with Crippen LogP contribution in [0.2, 0.25) is 0 Å². The Labute approximate surface area is 99.6 Å². The number of rotatable bonds is 5. The van der Waals surface area contributed by atoms with E-state index in [1.165, 1.54) is 0 Å². The van der Waals surface area contributed by atoms with Gasteiger partial charge in [-0.1, -0.05) is 0 Å². The summed E-state index contributed by atoms with van der Waals surface area (Å²) in [5.41, 5.74) is 5.11. The topological polar surface area (TPSA) is 58.4 Å². The van der Waals surface area contributed by atoms with Crippen LogP contribution >= 0.6 is 0 Å². The lowest BCUT2D eigenvalue weighted by atomic mass is 10.1. The molecule has 1 amide bonds. The molecule has 0 bridgehead atoms. The van der Waals surface area contributed by atoms with Crippen molar-refractivity contribution < 1.29 is 4.79 Å². The summed E-state index contributed by atoms with van der Waals surface area (Å²) in [5, 5.41) is 2.81. The molecule has 16 heavy (non-hydrogen) atoms. The van der Waals surface area contributed by atoms with Gasteiger partial charge in [0.25, 0.3) is 0 Å². The van der Waals surface area contributed by atoms with Crippen LogP contribution in [-0.4, -0.2) is 34.6 Å². The van der Waals surface area contributed by atoms with Crippen molar-refractivity contribution in [2.24, 2.45) is 5.73 Å². The predicted octanol–water partition coefficient (Wildman–Crippen LogP) is 1.30. The maximum Gasteiger partial charge on any atom is 0.238 e. The van der Waals surface area contributed by atoms with Crippen molar-refractivity contribution in [1.82, 2.24) is 10.2 Å². The van der Waals surface area contributed by atoms with Crippen LogP contribution in [0.5, 0.6) is 0 Å². The van der Waals surface area contributed by atoms with Gasteiger partial charge in [0, 0.05) is 12.1 Å². The molecule has 0 rings (SSSR count). The van der Waals surface area contributed by atoms with Gasteiger partial charge in [-0.25, -0.2) is 0 Å². The third-order valence-electron chi connectivity index (χ3n) is 2.46. The molecule has 0 fully saturated rings. The predicted molar refractivity (Wildman–Crippen MR) is 68.0 cm³/mol. The van der Waals surface area contributed by atoms with Gasteiger partial charge in [-0.3, -0.25) is 9.69 Å². The smallest absolute Gasteiger partial charge is 0.238 e. The van der Waals surface area contributed by atoms with Crippen molar-refractivity contribution >= 4 is 5.91 Å². The Bertz CT molecular complexity index is 223. The monoisotopic (exact) mass is 229 g/mol. The van der Waals surface area contributed by atoms with Crippen molar-refractivity contribution in [3.63, 3.8) is 0 Å². The Morgan fingerprint density at radius 2 is 1.50 bits per heavy atom. The van der Waals surface area contributed by atoms with E-state index in [1.807, 2.05) is 6.92 Å². The minimum absolute atomic E-state index is 0.0186. The first-order valence-corrected chi connectivity index (χ1v) is 5.94. The summed E-state index contributed by atoms with van der Waals surface area (Å²) >= 11 is 0. The van der Waals surface area contributed by atoms with Crippen LogP contribution in [0.25, 0.3) is 0 Å². The Morgan fingerprint density at radius 1 is 1.12 bits per heavy atom. The minimum Gasteiger partial charge on any atom is -0.337 e. The molecule has 0 aliphatic heterocycles. The number of nitrogens with one attached hydrogen (secondary N) is 1. The fourth-order valence-corrected chi connectivity index (χ4v) is 2.05. The van der Waals surface area contributed by atoms with Gasteiger partial charge in [0.05, 0.1) is 11.7 Å². The van der Waals surface area contributed by atoms with Crippen LogP contribution in [0.15, 0.2) is 0 Å². The molecule has 0 heterocycles. The average Bonchev–Trinajstić information content (AvgIpc) is 1.98. The first-order chi connectivity index (χ1) is 7.06. The summed E-state index contributed by atoms with van der Waals surface area (Å²) in [7, 11) is 0. The van der Waals surface area contributed by atoms with E-state index in [1.54, 1.807) is 13.8 Å². The lowest BCUT2D eigenvalue weighted by molar-refractivity contribution is -0.129. The van der Waals surface area contributed by atoms with E-state index in [0.717, 1.165) is 0 Å². The summed E-state index contributed by atoms with van der Waals surface area (Å²) in [6.45, 7) is 13.9. The molecule has 0 aromatic rings. The number of hydrogen-bond donors (Lipinski definition) is 2. The fraction of sp³-hybridized carbons (Fsp3) is 0.917. The highest BCUT2D eigenvalue weighted by atomic mass is 16.2. The summed E-state index contributed by atoms with van der Waals surface area (Å²) in [4.78, 5) is 14.1. The molecule has 0 saturated heterocycles. The first kappa shape index (κ1) is 15.4. The zero-order valence-corrected chi connectivity index (χ0v) is 11.7. The minimum atomic E-state index is -0.662. The standard InChI is InChI=1S/C12H27N3O/c1-8(2)15(9(3)4)10(5)11(16)14-12(6,7)13/h8-10H,13H2,1-7H3,(H,14,16)/t10-/m0/s1. The van der Waals surface area contributed by atoms with E-state index in [0.29, 0.717) is 12.1 Å². The Morgan fingerprint density at radius 3 is 1.75 bits per heavy atom. The Hall–Kier alpha value is -0.610. The first-order valence-electron chi connectivity index (χ1n) is 5.94. The molecule has 0 aliphatic carbocycles. The van der Waals surface area contributed by atoms with Gasteiger partial charge in [-0.2, -0.15) is 0 Å². The van der Waals surface area contributed by atoms with Crippen LogP contribution in [0, 0.1) is 0 Å². The second kappa shape index (κ2) is 5.64. The highest BCUT2D eigenvalue weighted by Gasteiger charge is 2.27. The zero-order valence-electron chi connectivity index (χ0n) is 11.7. The zero-order chi connectivity index (χ0) is 13.1. The molecular formula is C12H27N3O. The number of carbonyl (C=O) groups excluding carboxylic acids is 1. The molecule has 0 aliphatic rings. The largest absolute Gasteiger partial charge is 0.337 e. The van der Waals surface area contributed by atoms with Gasteiger partial charge in [0.2, 0.25) is 5.91 Å². The summed E-state index contributed by atoms with van der Waals surface area (Å²) in [5.74, 6) is -0.0186. The molecule has 0 aromatic carbocycles. The highest BCUT2D eigenvalue weighted by Crippen LogP contribution is 2.11. The highest BCUT2D eigenvalue weighted by molar-refractivity contribution is 5.82. The van der Waals surface area contributed by atoms with E-state index in [-0.39, 0.29) is 11.9 Å². The molecule has 0 spiro atoms. The molecule has 3 N–H and O–H groups in total. The van der Waals surface area contributed by atoms with Crippen molar-refractivity contribution in [2.75, 3.05) is 0 Å². The second-order valence-electron chi connectivity index (χ2n) is 5.52. The maximum absolute atomic E-state index is 12.0. The fourth-order valence-electron chi connectivity index (χ4n) is 2.05. The van der Waals surface area contributed by atoms with Gasteiger partial charge < -0.3 is 11.1 Å². The molecule has 0 radical (unpaired) electrons. The SMILES string of the molecule is CC(C)N(C(C)C)[C@@H](C)C(=O)NC(C)(C)N. The van der Waals surface area contributed by atoms with E-state index in [2.05, 4.69) is 37.9 Å². The van der Waals surface area contributed by atoms with Gasteiger partial charge >= 0.3 is 0 Å². The van der Waals surface area contributed by atoms with E-state index in [4.69, 9.17) is 5.73 Å². The molecule has 1 atom stereocenters. The summed E-state index contributed by atoms with van der Waals surface area (Å²) < 4.78 is 0. The molecule has 0 saturated carbocycles. The molecule has 96 valence electrons. The number of nitrogens with two attached hydrogens (primary N) is 1. The molecule has 0 unspecified atom stereocenters. The maximum atomic E-state index is 12.0. The van der Waals surface area contributed by atoms with Crippen molar-refractivity contribution in [2.45, 2.75) is 72.3 Å². The van der Waals surface area contributed by atoms with E-state index in [9.17, 15) is 4.79 Å². The summed E-state index contributed by atoms with van der Waals surface area (Å²) in [6, 6.07) is 0.506. The molecule has 4 nitrogen and oxygen atoms in total. The van der Waals surface area contributed by atoms with Crippen LogP contribution < -0.4 is 11.1 Å². The number of carbonyl (C=O) groups is 1. The van der Waals surface area contributed by atoms with Crippen LogP contribution in [0.3, 0.4) is 0 Å². The quantitative estimate of drug-likeness (QED) is 0.699. The van der Waals surface area contributed by atoms with Gasteiger partial charge in [-0.05, 0) is 48.5 Å². The van der Waals surface area contributed by atoms with Gasteiger partial charge in [0.15, 0.2) is 0 Å². The second-order valence-corrected chi connectivity index (χ2v) is 5.52. The van der Waals surface area contributed by atoms with Crippen molar-refractivity contribution in [3.05, 3.63) is 0 Å². The van der Waals surface area contributed by atoms with Crippen molar-refractivity contribution in [3.8, 4) is 0 Å². The van der Waals surface area contributed by atoms with Gasteiger partial charge in [-0.15, -0.1) is 0 Å². The van der Waals surface area contributed by atoms with E-state index < -0.39 is 5.66 Å². The van der Waals surface area contributed by atoms with Crippen molar-refractivity contribution in [1.29, 1.82) is 0 Å². The van der Waals surface area contributed by atoms with Gasteiger partial charge in [0.1, 0.15) is 0 Å². The number of nitrogens with zero attached hydrogens (tertiary/aromatic N) is 1. The van der Waals surface area contributed by atoms with Crippen LogP contribution in [0.4, 0.5) is 0 Å². The lowest BCUT2D eigenvalue weighted by Gasteiger charge is -2.36. The van der Waals surface area contributed by atoms with Crippen LogP contribution in [-0.2, 0) is 4.79 Å². The summed E-state index contributed by atoms with van der Waals surface area (Å²) in [6.07, 6.45) is 0. The third-order valence-corrected chi connectivity index (χ3v) is 2.46. The normalized spacial score (nSPS) is 14.7. The Kier molecular flexibility index (Phi) is 5.42. The molecule has 4 heteroatoms. The average molecular weight is 229 g/mol. The van der Waals surface area contributed by atoms with Crippen LogP contribution in [0.1, 0.15) is 48.5 Å². The number of hydrogen-bond acceptors (Lipinski definition) is 3. The lowest BCUT2D eigenvalue weighted by Crippen LogP contribution is -2.58. The molecular weight excluding hydrogens is 202 g/mol. The Balaban J connectivity index is 4.63. The number of amides is 1.